The largest absolute Gasteiger partial charge is 0.330 e. The molecule has 14 heavy (non-hydrogen) atoms. The van der Waals surface area contributed by atoms with E-state index in [2.05, 4.69) is 6.92 Å². The van der Waals surface area contributed by atoms with Crippen molar-refractivity contribution in [2.45, 2.75) is 45.4 Å². The van der Waals surface area contributed by atoms with Gasteiger partial charge in [0.25, 0.3) is 0 Å². The number of hydrogen-bond donors (Lipinski definition) is 1. The monoisotopic (exact) mass is 221 g/mol. The van der Waals surface area contributed by atoms with Crippen LogP contribution in [0.15, 0.2) is 0 Å². The van der Waals surface area contributed by atoms with Crippen molar-refractivity contribution in [3.8, 4) is 0 Å². The molecule has 0 atom stereocenters. The van der Waals surface area contributed by atoms with Gasteiger partial charge in [-0.3, -0.25) is 0 Å². The Morgan fingerprint density at radius 1 is 0.929 bits per heavy atom. The minimum absolute atomic E-state index is 0.261. The average molecular weight is 221 g/mol. The van der Waals surface area contributed by atoms with Crippen LogP contribution in [-0.4, -0.2) is 26.5 Å². The molecule has 4 heteroatoms. The molecule has 0 aromatic carbocycles. The van der Waals surface area contributed by atoms with Gasteiger partial charge in [-0.15, -0.1) is 0 Å². The highest BCUT2D eigenvalue weighted by Crippen LogP contribution is 2.05. The van der Waals surface area contributed by atoms with E-state index in [-0.39, 0.29) is 5.75 Å². The van der Waals surface area contributed by atoms with Gasteiger partial charge in [-0.2, -0.15) is 0 Å². The quantitative estimate of drug-likeness (QED) is 0.603. The van der Waals surface area contributed by atoms with Crippen molar-refractivity contribution in [2.75, 3.05) is 18.1 Å². The fourth-order valence-electron chi connectivity index (χ4n) is 1.33. The molecule has 2 N–H and O–H groups in total. The van der Waals surface area contributed by atoms with Gasteiger partial charge in [-0.25, -0.2) is 8.42 Å². The van der Waals surface area contributed by atoms with E-state index in [0.29, 0.717) is 18.7 Å². The maximum Gasteiger partial charge on any atom is 0.150 e. The Bertz CT molecular complexity index is 212. The Balaban J connectivity index is 3.46. The molecule has 0 heterocycles. The second kappa shape index (κ2) is 8.24. The molecule has 0 unspecified atom stereocenters. The highest BCUT2D eigenvalue weighted by Gasteiger charge is 2.08. The zero-order valence-corrected chi connectivity index (χ0v) is 9.98. The van der Waals surface area contributed by atoms with E-state index in [1.54, 1.807) is 0 Å². The van der Waals surface area contributed by atoms with Crippen LogP contribution in [0.2, 0.25) is 0 Å². The van der Waals surface area contributed by atoms with Crippen LogP contribution in [0.3, 0.4) is 0 Å². The summed E-state index contributed by atoms with van der Waals surface area (Å²) in [6.07, 6.45) is 6.01. The third-order valence-electron chi connectivity index (χ3n) is 2.22. The normalized spacial score (nSPS) is 11.9. The van der Waals surface area contributed by atoms with E-state index < -0.39 is 9.84 Å². The molecule has 3 nitrogen and oxygen atoms in total. The molecular formula is C10H23NO2S. The van der Waals surface area contributed by atoms with Gasteiger partial charge in [-0.05, 0) is 19.4 Å². The Hall–Kier alpha value is -0.0900. The van der Waals surface area contributed by atoms with Crippen LogP contribution in [0.1, 0.15) is 45.4 Å². The van der Waals surface area contributed by atoms with Crippen LogP contribution >= 0.6 is 0 Å². The van der Waals surface area contributed by atoms with Gasteiger partial charge in [0.1, 0.15) is 9.84 Å². The van der Waals surface area contributed by atoms with Gasteiger partial charge < -0.3 is 5.73 Å². The predicted octanol–water partition coefficient (Wildman–Crippen LogP) is 1.72. The van der Waals surface area contributed by atoms with Crippen LogP contribution in [0.5, 0.6) is 0 Å². The fourth-order valence-corrected chi connectivity index (χ4v) is 2.79. The summed E-state index contributed by atoms with van der Waals surface area (Å²) in [4.78, 5) is 0. The molecule has 0 amide bonds. The van der Waals surface area contributed by atoms with Gasteiger partial charge in [0.2, 0.25) is 0 Å². The van der Waals surface area contributed by atoms with Crippen LogP contribution in [-0.2, 0) is 9.84 Å². The third kappa shape index (κ3) is 8.51. The molecule has 0 bridgehead atoms. The first kappa shape index (κ1) is 13.9. The Morgan fingerprint density at radius 2 is 1.50 bits per heavy atom. The molecule has 0 saturated heterocycles. The number of sulfone groups is 1. The minimum atomic E-state index is -2.81. The zero-order chi connectivity index (χ0) is 10.9. The summed E-state index contributed by atoms with van der Waals surface area (Å²) in [5, 5.41) is 0. The molecule has 0 aromatic heterocycles. The minimum Gasteiger partial charge on any atom is -0.330 e. The van der Waals surface area contributed by atoms with E-state index in [4.69, 9.17) is 5.73 Å². The lowest BCUT2D eigenvalue weighted by Crippen LogP contribution is -2.14. The van der Waals surface area contributed by atoms with Crippen molar-refractivity contribution in [3.63, 3.8) is 0 Å². The molecule has 86 valence electrons. The zero-order valence-electron chi connectivity index (χ0n) is 9.17. The molecule has 0 saturated carbocycles. The van der Waals surface area contributed by atoms with Gasteiger partial charge in [0.15, 0.2) is 0 Å². The number of hydrogen-bond acceptors (Lipinski definition) is 3. The van der Waals surface area contributed by atoms with Crippen LogP contribution in [0.4, 0.5) is 0 Å². The number of rotatable bonds is 9. The molecule has 0 rings (SSSR count). The Kier molecular flexibility index (Phi) is 8.18. The van der Waals surface area contributed by atoms with E-state index in [1.807, 2.05) is 0 Å². The molecule has 0 aliphatic heterocycles. The maximum atomic E-state index is 11.4. The van der Waals surface area contributed by atoms with E-state index in [1.165, 1.54) is 12.8 Å². The van der Waals surface area contributed by atoms with E-state index in [0.717, 1.165) is 19.3 Å². The third-order valence-corrected chi connectivity index (χ3v) is 4.04. The van der Waals surface area contributed by atoms with Crippen molar-refractivity contribution in [1.29, 1.82) is 0 Å². The van der Waals surface area contributed by atoms with E-state index in [9.17, 15) is 8.42 Å². The summed E-state index contributed by atoms with van der Waals surface area (Å²) in [5.74, 6) is 0.605. The molecule has 0 spiro atoms. The summed E-state index contributed by atoms with van der Waals surface area (Å²) in [6.45, 7) is 2.62. The summed E-state index contributed by atoms with van der Waals surface area (Å²) >= 11 is 0. The van der Waals surface area contributed by atoms with Gasteiger partial charge in [-0.1, -0.05) is 32.6 Å². The van der Waals surface area contributed by atoms with Gasteiger partial charge >= 0.3 is 0 Å². The molecule has 0 aliphatic rings. The van der Waals surface area contributed by atoms with Crippen molar-refractivity contribution in [2.24, 2.45) is 5.73 Å². The molecular weight excluding hydrogens is 198 g/mol. The topological polar surface area (TPSA) is 60.2 Å². The first-order valence-corrected chi connectivity index (χ1v) is 7.35. The smallest absolute Gasteiger partial charge is 0.150 e. The van der Waals surface area contributed by atoms with Crippen LogP contribution in [0.25, 0.3) is 0 Å². The lowest BCUT2D eigenvalue weighted by molar-refractivity contribution is 0.584. The average Bonchev–Trinajstić information content (AvgIpc) is 2.15. The van der Waals surface area contributed by atoms with E-state index >= 15 is 0 Å². The second-order valence-electron chi connectivity index (χ2n) is 3.71. The summed E-state index contributed by atoms with van der Waals surface area (Å²) < 4.78 is 22.7. The maximum absolute atomic E-state index is 11.4. The van der Waals surface area contributed by atoms with Crippen molar-refractivity contribution in [1.82, 2.24) is 0 Å². The Morgan fingerprint density at radius 3 is 2.07 bits per heavy atom. The highest BCUT2D eigenvalue weighted by atomic mass is 32.2. The number of unbranched alkanes of at least 4 members (excludes halogenated alkanes) is 4. The van der Waals surface area contributed by atoms with Crippen molar-refractivity contribution in [3.05, 3.63) is 0 Å². The molecule has 0 radical (unpaired) electrons. The van der Waals surface area contributed by atoms with Gasteiger partial charge in [0.05, 0.1) is 11.5 Å². The van der Waals surface area contributed by atoms with Crippen molar-refractivity contribution < 1.29 is 8.42 Å². The van der Waals surface area contributed by atoms with Gasteiger partial charge in [0, 0.05) is 0 Å². The summed E-state index contributed by atoms with van der Waals surface area (Å²) in [7, 11) is -2.81. The molecule has 0 fully saturated rings. The fraction of sp³-hybridized carbons (Fsp3) is 1.00. The lowest BCUT2D eigenvalue weighted by Gasteiger charge is -2.02. The highest BCUT2D eigenvalue weighted by molar-refractivity contribution is 7.91. The predicted molar refractivity (Wildman–Crippen MR) is 61.1 cm³/mol. The van der Waals surface area contributed by atoms with Crippen LogP contribution < -0.4 is 5.73 Å². The SMILES string of the molecule is CCCCCCCS(=O)(=O)CCCN. The van der Waals surface area contributed by atoms with Crippen molar-refractivity contribution >= 4 is 9.84 Å². The number of nitrogens with two attached hydrogens (primary N) is 1. The lowest BCUT2D eigenvalue weighted by atomic mass is 10.2. The first-order chi connectivity index (χ1) is 6.62. The summed E-state index contributed by atoms with van der Waals surface area (Å²) in [5.41, 5.74) is 5.27. The molecule has 0 aromatic rings. The van der Waals surface area contributed by atoms with Crippen LogP contribution in [0, 0.1) is 0 Å². The standard InChI is InChI=1S/C10H23NO2S/c1-2-3-4-5-6-9-14(12,13)10-7-8-11/h2-11H2,1H3. The molecule has 0 aliphatic carbocycles. The Labute approximate surface area is 88.0 Å². The first-order valence-electron chi connectivity index (χ1n) is 5.53. The second-order valence-corrected chi connectivity index (χ2v) is 6.01. The summed E-state index contributed by atoms with van der Waals surface area (Å²) in [6, 6.07) is 0.